The summed E-state index contributed by atoms with van der Waals surface area (Å²) in [4.78, 5) is 21.3. The molecule has 0 unspecified atom stereocenters. The van der Waals surface area contributed by atoms with Crippen molar-refractivity contribution >= 4 is 32.6 Å². The molecule has 1 aromatic heterocycles. The number of thiazole rings is 1. The molecule has 1 aliphatic heterocycles. The summed E-state index contributed by atoms with van der Waals surface area (Å²) in [6, 6.07) is 2.11. The van der Waals surface area contributed by atoms with Gasteiger partial charge in [0.15, 0.2) is 10.9 Å². The predicted octanol–water partition coefficient (Wildman–Crippen LogP) is 3.43. The third kappa shape index (κ3) is 4.12. The van der Waals surface area contributed by atoms with Crippen molar-refractivity contribution in [3.8, 4) is 0 Å². The number of hydrogen-bond donors (Lipinski definition) is 0. The van der Waals surface area contributed by atoms with E-state index in [0.29, 0.717) is 16.4 Å². The molecular formula is C19H23F2N3O2S. The van der Waals surface area contributed by atoms with Crippen LogP contribution in [0, 0.1) is 17.6 Å². The lowest BCUT2D eigenvalue weighted by atomic mass is 9.84. The van der Waals surface area contributed by atoms with Gasteiger partial charge < -0.3 is 4.74 Å². The molecule has 2 aliphatic rings. The van der Waals surface area contributed by atoms with Gasteiger partial charge in [-0.25, -0.2) is 13.8 Å². The van der Waals surface area contributed by atoms with E-state index in [1.807, 2.05) is 0 Å². The van der Waals surface area contributed by atoms with Crippen LogP contribution in [-0.2, 0) is 9.53 Å². The average Bonchev–Trinajstić information content (AvgIpc) is 3.02. The minimum Gasteiger partial charge on any atom is -0.379 e. The van der Waals surface area contributed by atoms with Gasteiger partial charge in [-0.1, -0.05) is 17.8 Å². The average molecular weight is 395 g/mol. The quantitative estimate of drug-likeness (QED) is 0.752. The van der Waals surface area contributed by atoms with E-state index < -0.39 is 11.6 Å². The zero-order chi connectivity index (χ0) is 18.8. The summed E-state index contributed by atoms with van der Waals surface area (Å²) >= 11 is 1.18. The lowest BCUT2D eigenvalue weighted by Crippen LogP contribution is -2.42. The molecule has 0 N–H and O–H groups in total. The molecule has 1 saturated heterocycles. The fourth-order valence-electron chi connectivity index (χ4n) is 3.51. The van der Waals surface area contributed by atoms with E-state index in [2.05, 4.69) is 9.88 Å². The highest BCUT2D eigenvalue weighted by Gasteiger charge is 2.31. The number of aromatic nitrogens is 1. The maximum atomic E-state index is 14.0. The highest BCUT2D eigenvalue weighted by atomic mass is 32.1. The Balaban J connectivity index is 1.52. The molecule has 8 heteroatoms. The molecule has 2 heterocycles. The zero-order valence-corrected chi connectivity index (χ0v) is 15.9. The predicted molar refractivity (Wildman–Crippen MR) is 101 cm³/mol. The van der Waals surface area contributed by atoms with Crippen molar-refractivity contribution in [1.29, 1.82) is 0 Å². The number of morpholine rings is 1. The normalized spacial score (nSPS) is 18.6. The Bertz CT molecular complexity index is 819. The summed E-state index contributed by atoms with van der Waals surface area (Å²) in [5.41, 5.74) is 0.135. The van der Waals surface area contributed by atoms with Crippen LogP contribution in [0.1, 0.15) is 25.7 Å². The number of nitrogens with zero attached hydrogens (tertiary/aromatic N) is 3. The van der Waals surface area contributed by atoms with Crippen molar-refractivity contribution in [3.63, 3.8) is 0 Å². The van der Waals surface area contributed by atoms with Crippen molar-refractivity contribution in [1.82, 2.24) is 9.88 Å². The van der Waals surface area contributed by atoms with Crippen molar-refractivity contribution in [2.75, 3.05) is 44.3 Å². The van der Waals surface area contributed by atoms with Crippen molar-refractivity contribution in [2.24, 2.45) is 5.92 Å². The van der Waals surface area contributed by atoms with Crippen molar-refractivity contribution in [3.05, 3.63) is 23.8 Å². The van der Waals surface area contributed by atoms with Gasteiger partial charge in [0, 0.05) is 38.2 Å². The molecule has 1 saturated carbocycles. The van der Waals surface area contributed by atoms with Gasteiger partial charge in [-0.05, 0) is 25.3 Å². The van der Waals surface area contributed by atoms with E-state index in [1.165, 1.54) is 17.4 Å². The number of amides is 1. The third-order valence-electron chi connectivity index (χ3n) is 5.31. The first kappa shape index (κ1) is 18.7. The molecule has 0 radical (unpaired) electrons. The van der Waals surface area contributed by atoms with Gasteiger partial charge in [0.05, 0.1) is 17.9 Å². The van der Waals surface area contributed by atoms with Gasteiger partial charge in [-0.15, -0.1) is 0 Å². The molecule has 5 nitrogen and oxygen atoms in total. The van der Waals surface area contributed by atoms with Gasteiger partial charge >= 0.3 is 0 Å². The minimum atomic E-state index is -0.683. The lowest BCUT2D eigenvalue weighted by molar-refractivity contribution is -0.124. The molecular weight excluding hydrogens is 372 g/mol. The standard InChI is InChI=1S/C19H23F2N3O2S/c20-14-11-15(21)17-16(12-14)27-19(22-17)24(18(25)13-3-1-4-13)6-2-5-23-7-9-26-10-8-23/h11-13H,1-10H2. The van der Waals surface area contributed by atoms with E-state index in [-0.39, 0.29) is 17.3 Å². The van der Waals surface area contributed by atoms with Crippen LogP contribution in [0.3, 0.4) is 0 Å². The van der Waals surface area contributed by atoms with Crippen LogP contribution < -0.4 is 4.90 Å². The van der Waals surface area contributed by atoms with Crippen molar-refractivity contribution in [2.45, 2.75) is 25.7 Å². The number of rotatable bonds is 6. The monoisotopic (exact) mass is 395 g/mol. The smallest absolute Gasteiger partial charge is 0.231 e. The van der Waals surface area contributed by atoms with Crippen molar-refractivity contribution < 1.29 is 18.3 Å². The van der Waals surface area contributed by atoms with Gasteiger partial charge in [-0.2, -0.15) is 0 Å². The largest absolute Gasteiger partial charge is 0.379 e. The molecule has 4 rings (SSSR count). The first-order valence-electron chi connectivity index (χ1n) is 9.49. The Kier molecular flexibility index (Phi) is 5.66. The highest BCUT2D eigenvalue weighted by Crippen LogP contribution is 2.35. The van der Waals surface area contributed by atoms with Gasteiger partial charge in [0.2, 0.25) is 5.91 Å². The van der Waals surface area contributed by atoms with Crippen LogP contribution >= 0.6 is 11.3 Å². The lowest BCUT2D eigenvalue weighted by Gasteiger charge is -2.31. The second kappa shape index (κ2) is 8.16. The zero-order valence-electron chi connectivity index (χ0n) is 15.1. The second-order valence-electron chi connectivity index (χ2n) is 7.16. The highest BCUT2D eigenvalue weighted by molar-refractivity contribution is 7.22. The van der Waals surface area contributed by atoms with Crippen LogP contribution in [0.15, 0.2) is 12.1 Å². The minimum absolute atomic E-state index is 0.0296. The summed E-state index contributed by atoms with van der Waals surface area (Å²) in [6.45, 7) is 4.72. The van der Waals surface area contributed by atoms with Crippen LogP contribution in [0.4, 0.5) is 13.9 Å². The fraction of sp³-hybridized carbons (Fsp3) is 0.579. The molecule has 0 atom stereocenters. The van der Waals surface area contributed by atoms with Crippen LogP contribution in [0.2, 0.25) is 0 Å². The maximum absolute atomic E-state index is 14.0. The third-order valence-corrected chi connectivity index (χ3v) is 6.34. The van der Waals surface area contributed by atoms with E-state index >= 15 is 0 Å². The Labute approximate surface area is 160 Å². The van der Waals surface area contributed by atoms with Crippen LogP contribution in [0.5, 0.6) is 0 Å². The maximum Gasteiger partial charge on any atom is 0.231 e. The number of halogens is 2. The second-order valence-corrected chi connectivity index (χ2v) is 8.17. The molecule has 2 aromatic rings. The molecule has 2 fully saturated rings. The molecule has 0 spiro atoms. The Morgan fingerprint density at radius 1 is 1.30 bits per heavy atom. The van der Waals surface area contributed by atoms with Gasteiger partial charge in [-0.3, -0.25) is 14.6 Å². The molecule has 1 aromatic carbocycles. The Hall–Kier alpha value is -1.64. The fourth-order valence-corrected chi connectivity index (χ4v) is 4.55. The summed E-state index contributed by atoms with van der Waals surface area (Å²) in [7, 11) is 0. The van der Waals surface area contributed by atoms with Gasteiger partial charge in [0.25, 0.3) is 0 Å². The Morgan fingerprint density at radius 3 is 2.78 bits per heavy atom. The Morgan fingerprint density at radius 2 is 2.07 bits per heavy atom. The topological polar surface area (TPSA) is 45.7 Å². The van der Waals surface area contributed by atoms with E-state index in [4.69, 9.17) is 4.74 Å². The first-order chi connectivity index (χ1) is 13.1. The molecule has 146 valence electrons. The first-order valence-corrected chi connectivity index (χ1v) is 10.3. The summed E-state index contributed by atoms with van der Waals surface area (Å²) in [5, 5.41) is 0.466. The van der Waals surface area contributed by atoms with Gasteiger partial charge in [0.1, 0.15) is 11.3 Å². The number of benzene rings is 1. The molecule has 27 heavy (non-hydrogen) atoms. The van der Waals surface area contributed by atoms with E-state index in [9.17, 15) is 13.6 Å². The number of anilines is 1. The van der Waals surface area contributed by atoms with E-state index in [1.54, 1.807) is 4.90 Å². The molecule has 1 aliphatic carbocycles. The summed E-state index contributed by atoms with van der Waals surface area (Å²) in [6.07, 6.45) is 3.67. The molecule has 1 amide bonds. The van der Waals surface area contributed by atoms with Crippen LogP contribution in [-0.4, -0.2) is 55.2 Å². The van der Waals surface area contributed by atoms with Crippen LogP contribution in [0.25, 0.3) is 10.2 Å². The number of fused-ring (bicyclic) bond motifs is 1. The number of carbonyl (C=O) groups excluding carboxylic acids is 1. The number of carbonyl (C=O) groups is 1. The number of hydrogen-bond acceptors (Lipinski definition) is 5. The van der Waals surface area contributed by atoms with E-state index in [0.717, 1.165) is 64.6 Å². The summed E-state index contributed by atoms with van der Waals surface area (Å²) in [5.74, 6) is -1.22. The SMILES string of the molecule is O=C(C1CCC1)N(CCCN1CCOCC1)c1nc2c(F)cc(F)cc2s1. The summed E-state index contributed by atoms with van der Waals surface area (Å²) < 4.78 is 33.3. The number of ether oxygens (including phenoxy) is 1. The molecule has 0 bridgehead atoms.